The molecule has 1 aromatic rings. The van der Waals surface area contributed by atoms with E-state index in [0.717, 1.165) is 25.6 Å². The minimum atomic E-state index is -0.357. The van der Waals surface area contributed by atoms with Crippen molar-refractivity contribution in [3.63, 3.8) is 0 Å². The summed E-state index contributed by atoms with van der Waals surface area (Å²) in [5.41, 5.74) is 1.12. The third-order valence-corrected chi connectivity index (χ3v) is 4.24. The van der Waals surface area contributed by atoms with Crippen LogP contribution in [0, 0.1) is 5.92 Å². The Kier molecular flexibility index (Phi) is 7.06. The zero-order valence-electron chi connectivity index (χ0n) is 14.5. The smallest absolute Gasteiger partial charge is 0.338 e. The number of nitrogens with zero attached hydrogens (tertiary/aromatic N) is 1. The minimum Gasteiger partial charge on any atom is -0.462 e. The molecular weight excluding hydrogens is 306 g/mol. The van der Waals surface area contributed by atoms with Gasteiger partial charge < -0.3 is 20.3 Å². The number of carbonyl (C=O) groups is 2. The molecule has 0 aliphatic carbocycles. The molecule has 1 heterocycles. The van der Waals surface area contributed by atoms with Crippen molar-refractivity contribution in [1.29, 1.82) is 0 Å². The molecule has 6 heteroatoms. The molecule has 0 aromatic heterocycles. The highest BCUT2D eigenvalue weighted by Crippen LogP contribution is 2.15. The number of ether oxygens (including phenoxy) is 1. The highest BCUT2D eigenvalue weighted by Gasteiger charge is 2.15. The van der Waals surface area contributed by atoms with Crippen molar-refractivity contribution in [3.05, 3.63) is 29.8 Å². The van der Waals surface area contributed by atoms with Gasteiger partial charge in [-0.05, 0) is 63.0 Å². The van der Waals surface area contributed by atoms with Gasteiger partial charge >= 0.3 is 12.0 Å². The molecule has 2 amide bonds. The third-order valence-electron chi connectivity index (χ3n) is 4.24. The van der Waals surface area contributed by atoms with Gasteiger partial charge in [0.1, 0.15) is 0 Å². The van der Waals surface area contributed by atoms with E-state index in [1.807, 2.05) is 0 Å². The second-order valence-electron chi connectivity index (χ2n) is 6.20. The number of carbonyl (C=O) groups excluding carboxylic acids is 2. The molecule has 132 valence electrons. The van der Waals surface area contributed by atoms with Gasteiger partial charge in [-0.25, -0.2) is 9.59 Å². The molecule has 1 fully saturated rings. The summed E-state index contributed by atoms with van der Waals surface area (Å²) in [4.78, 5) is 25.8. The normalized spacial score (nSPS) is 15.8. The van der Waals surface area contributed by atoms with Crippen LogP contribution < -0.4 is 10.6 Å². The number of likely N-dealkylation sites (tertiary alicyclic amines) is 1. The van der Waals surface area contributed by atoms with Crippen molar-refractivity contribution in [3.8, 4) is 0 Å². The van der Waals surface area contributed by atoms with E-state index in [2.05, 4.69) is 22.5 Å². The van der Waals surface area contributed by atoms with E-state index in [1.165, 1.54) is 12.8 Å². The summed E-state index contributed by atoms with van der Waals surface area (Å²) in [6, 6.07) is 6.44. The van der Waals surface area contributed by atoms with E-state index in [0.29, 0.717) is 24.4 Å². The fourth-order valence-corrected chi connectivity index (χ4v) is 2.69. The maximum Gasteiger partial charge on any atom is 0.338 e. The Balaban J connectivity index is 1.69. The Labute approximate surface area is 143 Å². The maximum absolute atomic E-state index is 11.9. The fourth-order valence-electron chi connectivity index (χ4n) is 2.69. The predicted molar refractivity (Wildman–Crippen MR) is 94.3 cm³/mol. The lowest BCUT2D eigenvalue weighted by molar-refractivity contribution is 0.0526. The molecule has 0 spiro atoms. The Bertz CT molecular complexity index is 537. The van der Waals surface area contributed by atoms with Crippen molar-refractivity contribution >= 4 is 17.7 Å². The SMILES string of the molecule is CCOC(=O)c1ccc(NC(=O)NCCN2CCC(C)CC2)cc1. The number of nitrogens with one attached hydrogen (secondary N) is 2. The summed E-state index contributed by atoms with van der Waals surface area (Å²) in [6.07, 6.45) is 2.47. The first-order valence-corrected chi connectivity index (χ1v) is 8.63. The highest BCUT2D eigenvalue weighted by atomic mass is 16.5. The third kappa shape index (κ3) is 5.85. The molecule has 6 nitrogen and oxygen atoms in total. The Morgan fingerprint density at radius 1 is 1.21 bits per heavy atom. The Hall–Kier alpha value is -2.08. The van der Waals surface area contributed by atoms with E-state index in [-0.39, 0.29) is 12.0 Å². The summed E-state index contributed by atoms with van der Waals surface area (Å²) < 4.78 is 4.92. The van der Waals surface area contributed by atoms with Crippen molar-refractivity contribution < 1.29 is 14.3 Å². The number of benzene rings is 1. The number of hydrogen-bond donors (Lipinski definition) is 2. The Morgan fingerprint density at radius 3 is 2.50 bits per heavy atom. The monoisotopic (exact) mass is 333 g/mol. The molecule has 1 saturated heterocycles. The molecule has 0 radical (unpaired) electrons. The van der Waals surface area contributed by atoms with E-state index in [9.17, 15) is 9.59 Å². The number of piperidine rings is 1. The van der Waals surface area contributed by atoms with Gasteiger partial charge in [-0.1, -0.05) is 6.92 Å². The van der Waals surface area contributed by atoms with Gasteiger partial charge in [0.2, 0.25) is 0 Å². The first-order chi connectivity index (χ1) is 11.6. The average Bonchev–Trinajstić information content (AvgIpc) is 2.57. The van der Waals surface area contributed by atoms with Gasteiger partial charge in [-0.2, -0.15) is 0 Å². The van der Waals surface area contributed by atoms with Crippen molar-refractivity contribution in [2.24, 2.45) is 5.92 Å². The number of amides is 2. The van der Waals surface area contributed by atoms with Crippen LogP contribution in [0.4, 0.5) is 10.5 Å². The van der Waals surface area contributed by atoms with Crippen LogP contribution in [0.3, 0.4) is 0 Å². The first kappa shape index (κ1) is 18.3. The van der Waals surface area contributed by atoms with Crippen LogP contribution in [0.1, 0.15) is 37.0 Å². The fraction of sp³-hybridized carbons (Fsp3) is 0.556. The summed E-state index contributed by atoms with van der Waals surface area (Å²) in [5, 5.41) is 5.63. The quantitative estimate of drug-likeness (QED) is 0.785. The standard InChI is InChI=1S/C18H27N3O3/c1-3-24-17(22)15-4-6-16(7-5-15)20-18(23)19-10-13-21-11-8-14(2)9-12-21/h4-7,14H,3,8-13H2,1-2H3,(H2,19,20,23). The van der Waals surface area contributed by atoms with Crippen molar-refractivity contribution in [2.75, 3.05) is 38.1 Å². The molecule has 1 aromatic carbocycles. The van der Waals surface area contributed by atoms with Crippen LogP contribution in [0.2, 0.25) is 0 Å². The number of urea groups is 1. The first-order valence-electron chi connectivity index (χ1n) is 8.63. The number of rotatable bonds is 6. The summed E-state index contributed by atoms with van der Waals surface area (Å²) >= 11 is 0. The van der Waals surface area contributed by atoms with Crippen LogP contribution in [0.15, 0.2) is 24.3 Å². The molecule has 1 aliphatic rings. The van der Waals surface area contributed by atoms with Gasteiger partial charge in [0, 0.05) is 18.8 Å². The van der Waals surface area contributed by atoms with Crippen LogP contribution in [-0.4, -0.2) is 49.7 Å². The molecule has 0 saturated carbocycles. The zero-order chi connectivity index (χ0) is 17.4. The molecule has 2 rings (SSSR count). The maximum atomic E-state index is 11.9. The lowest BCUT2D eigenvalue weighted by Gasteiger charge is -2.30. The zero-order valence-corrected chi connectivity index (χ0v) is 14.5. The lowest BCUT2D eigenvalue weighted by Crippen LogP contribution is -2.40. The largest absolute Gasteiger partial charge is 0.462 e. The molecule has 0 bridgehead atoms. The summed E-state index contributed by atoms with van der Waals surface area (Å²) in [6.45, 7) is 8.12. The van der Waals surface area contributed by atoms with E-state index in [4.69, 9.17) is 4.74 Å². The predicted octanol–water partition coefficient (Wildman–Crippen LogP) is 2.72. The lowest BCUT2D eigenvalue weighted by atomic mass is 9.99. The summed E-state index contributed by atoms with van der Waals surface area (Å²) in [7, 11) is 0. The van der Waals surface area contributed by atoms with Crippen LogP contribution in [0.5, 0.6) is 0 Å². The van der Waals surface area contributed by atoms with Crippen LogP contribution in [0.25, 0.3) is 0 Å². The molecule has 0 atom stereocenters. The van der Waals surface area contributed by atoms with Crippen LogP contribution >= 0.6 is 0 Å². The van der Waals surface area contributed by atoms with Crippen molar-refractivity contribution in [1.82, 2.24) is 10.2 Å². The minimum absolute atomic E-state index is 0.232. The molecule has 0 unspecified atom stereocenters. The topological polar surface area (TPSA) is 70.7 Å². The van der Waals surface area contributed by atoms with E-state index in [1.54, 1.807) is 31.2 Å². The molecule has 1 aliphatic heterocycles. The second-order valence-corrected chi connectivity index (χ2v) is 6.20. The van der Waals surface area contributed by atoms with Crippen LogP contribution in [-0.2, 0) is 4.74 Å². The molecule has 24 heavy (non-hydrogen) atoms. The van der Waals surface area contributed by atoms with Gasteiger partial charge in [0.05, 0.1) is 12.2 Å². The van der Waals surface area contributed by atoms with Gasteiger partial charge in [-0.3, -0.25) is 0 Å². The number of anilines is 1. The number of hydrogen-bond acceptors (Lipinski definition) is 4. The highest BCUT2D eigenvalue weighted by molar-refractivity contribution is 5.92. The van der Waals surface area contributed by atoms with E-state index >= 15 is 0 Å². The summed E-state index contributed by atoms with van der Waals surface area (Å²) in [5.74, 6) is 0.458. The molecule has 2 N–H and O–H groups in total. The number of esters is 1. The van der Waals surface area contributed by atoms with Gasteiger partial charge in [0.15, 0.2) is 0 Å². The Morgan fingerprint density at radius 2 is 1.88 bits per heavy atom. The molecular formula is C18H27N3O3. The van der Waals surface area contributed by atoms with Gasteiger partial charge in [0.25, 0.3) is 0 Å². The van der Waals surface area contributed by atoms with E-state index < -0.39 is 0 Å². The second kappa shape index (κ2) is 9.27. The van der Waals surface area contributed by atoms with Crippen molar-refractivity contribution in [2.45, 2.75) is 26.7 Å². The van der Waals surface area contributed by atoms with Gasteiger partial charge in [-0.15, -0.1) is 0 Å². The average molecular weight is 333 g/mol.